The van der Waals surface area contributed by atoms with Gasteiger partial charge in [-0.1, -0.05) is 6.07 Å². The van der Waals surface area contributed by atoms with E-state index in [0.29, 0.717) is 5.41 Å². The van der Waals surface area contributed by atoms with Crippen molar-refractivity contribution in [3.8, 4) is 0 Å². The first-order valence-corrected chi connectivity index (χ1v) is 5.39. The van der Waals surface area contributed by atoms with Gasteiger partial charge in [0, 0.05) is 24.4 Å². The Balaban J connectivity index is 1.88. The van der Waals surface area contributed by atoms with Gasteiger partial charge in [-0.3, -0.25) is 4.98 Å². The van der Waals surface area contributed by atoms with E-state index in [1.54, 1.807) is 0 Å². The van der Waals surface area contributed by atoms with E-state index in [2.05, 4.69) is 11.1 Å². The van der Waals surface area contributed by atoms with E-state index in [9.17, 15) is 0 Å². The van der Waals surface area contributed by atoms with Crippen LogP contribution in [0.3, 0.4) is 0 Å². The lowest BCUT2D eigenvalue weighted by molar-refractivity contribution is 0.126. The molecular formula is C12H16N2. The zero-order valence-electron chi connectivity index (χ0n) is 8.37. The maximum absolute atomic E-state index is 5.92. The van der Waals surface area contributed by atoms with Gasteiger partial charge in [0.05, 0.1) is 0 Å². The molecule has 2 aliphatic carbocycles. The van der Waals surface area contributed by atoms with Crippen LogP contribution in [-0.4, -0.2) is 11.5 Å². The number of rotatable bonds is 2. The quantitative estimate of drug-likeness (QED) is 0.769. The van der Waals surface area contributed by atoms with Crippen LogP contribution in [0, 0.1) is 5.41 Å². The van der Waals surface area contributed by atoms with Crippen LogP contribution in [0.1, 0.15) is 31.2 Å². The lowest BCUT2D eigenvalue weighted by Gasteiger charge is -2.48. The predicted molar refractivity (Wildman–Crippen MR) is 55.9 cm³/mol. The molecule has 0 unspecified atom stereocenters. The fraction of sp³-hybridized carbons (Fsp3) is 0.583. The molecule has 2 N–H and O–H groups in total. The second-order valence-electron chi connectivity index (χ2n) is 5.08. The fourth-order valence-electron chi connectivity index (χ4n) is 3.06. The summed E-state index contributed by atoms with van der Waals surface area (Å²) in [4.78, 5) is 4.19. The first-order chi connectivity index (χ1) is 6.79. The third-order valence-corrected chi connectivity index (χ3v) is 4.05. The number of aromatic nitrogens is 1. The molecule has 14 heavy (non-hydrogen) atoms. The van der Waals surface area contributed by atoms with E-state index in [1.165, 1.54) is 31.2 Å². The second kappa shape index (κ2) is 2.57. The van der Waals surface area contributed by atoms with Crippen LogP contribution in [0.15, 0.2) is 24.5 Å². The van der Waals surface area contributed by atoms with Gasteiger partial charge in [-0.05, 0) is 42.7 Å². The van der Waals surface area contributed by atoms with Crippen LogP contribution in [0.4, 0.5) is 0 Å². The predicted octanol–water partition coefficient (Wildman–Crippen LogP) is 1.85. The minimum Gasteiger partial charge on any atom is -0.330 e. The zero-order chi connectivity index (χ0) is 9.65. The van der Waals surface area contributed by atoms with E-state index in [1.807, 2.05) is 18.5 Å². The summed E-state index contributed by atoms with van der Waals surface area (Å²) in [6.45, 7) is 0.778. The molecule has 74 valence electrons. The van der Waals surface area contributed by atoms with Crippen LogP contribution < -0.4 is 5.73 Å². The average molecular weight is 188 g/mol. The molecule has 0 saturated heterocycles. The molecule has 0 radical (unpaired) electrons. The first kappa shape index (κ1) is 8.42. The third kappa shape index (κ3) is 1.04. The number of nitrogens with zero attached hydrogens (tertiary/aromatic N) is 1. The van der Waals surface area contributed by atoms with Crippen molar-refractivity contribution in [3.05, 3.63) is 30.1 Å². The Bertz CT molecular complexity index is 333. The molecule has 2 fully saturated rings. The summed E-state index contributed by atoms with van der Waals surface area (Å²) in [7, 11) is 0. The van der Waals surface area contributed by atoms with Crippen LogP contribution in [0.5, 0.6) is 0 Å². The molecule has 1 heterocycles. The minimum atomic E-state index is 0.269. The van der Waals surface area contributed by atoms with E-state index in [4.69, 9.17) is 5.73 Å². The number of hydrogen-bond donors (Lipinski definition) is 1. The van der Waals surface area contributed by atoms with E-state index < -0.39 is 0 Å². The van der Waals surface area contributed by atoms with Gasteiger partial charge >= 0.3 is 0 Å². The van der Waals surface area contributed by atoms with Gasteiger partial charge in [0.25, 0.3) is 0 Å². The van der Waals surface area contributed by atoms with Gasteiger partial charge in [-0.2, -0.15) is 0 Å². The molecule has 2 heteroatoms. The van der Waals surface area contributed by atoms with Crippen molar-refractivity contribution < 1.29 is 0 Å². The van der Waals surface area contributed by atoms with Crippen molar-refractivity contribution >= 4 is 0 Å². The molecule has 1 spiro atoms. The molecule has 1 aromatic heterocycles. The monoisotopic (exact) mass is 188 g/mol. The van der Waals surface area contributed by atoms with E-state index >= 15 is 0 Å². The molecule has 0 aromatic carbocycles. The topological polar surface area (TPSA) is 38.9 Å². The Hall–Kier alpha value is -0.890. The fourth-order valence-corrected chi connectivity index (χ4v) is 3.06. The van der Waals surface area contributed by atoms with Gasteiger partial charge < -0.3 is 5.73 Å². The van der Waals surface area contributed by atoms with Gasteiger partial charge in [0.15, 0.2) is 0 Å². The molecule has 2 nitrogen and oxygen atoms in total. The van der Waals surface area contributed by atoms with Crippen LogP contribution in [0.2, 0.25) is 0 Å². The summed E-state index contributed by atoms with van der Waals surface area (Å²) < 4.78 is 0. The van der Waals surface area contributed by atoms with Crippen molar-refractivity contribution in [1.29, 1.82) is 0 Å². The molecule has 0 amide bonds. The van der Waals surface area contributed by atoms with E-state index in [0.717, 1.165) is 6.54 Å². The Morgan fingerprint density at radius 3 is 2.64 bits per heavy atom. The first-order valence-electron chi connectivity index (χ1n) is 5.39. The second-order valence-corrected chi connectivity index (χ2v) is 5.08. The summed E-state index contributed by atoms with van der Waals surface area (Å²) in [6.07, 6.45) is 9.26. The Kier molecular flexibility index (Phi) is 1.55. The molecule has 3 rings (SSSR count). The van der Waals surface area contributed by atoms with Crippen LogP contribution >= 0.6 is 0 Å². The summed E-state index contributed by atoms with van der Waals surface area (Å²) in [5.74, 6) is 0. The Morgan fingerprint density at radius 2 is 2.14 bits per heavy atom. The molecule has 0 bridgehead atoms. The van der Waals surface area contributed by atoms with Crippen molar-refractivity contribution in [1.82, 2.24) is 4.98 Å². The maximum atomic E-state index is 5.92. The molecule has 2 aliphatic rings. The number of nitrogens with two attached hydrogens (primary N) is 1. The molecule has 1 aromatic rings. The average Bonchev–Trinajstić information content (AvgIpc) is 2.96. The van der Waals surface area contributed by atoms with Crippen molar-refractivity contribution in [2.75, 3.05) is 6.54 Å². The third-order valence-electron chi connectivity index (χ3n) is 4.05. The molecule has 0 atom stereocenters. The molecule has 2 saturated carbocycles. The standard InChI is InChI=1S/C12H16N2/c13-9-12(7-11(8-12)3-4-11)10-2-1-5-14-6-10/h1-2,5-6H,3-4,7-9,13H2. The highest BCUT2D eigenvalue weighted by molar-refractivity contribution is 5.31. The summed E-state index contributed by atoms with van der Waals surface area (Å²) in [5.41, 5.74) is 8.24. The maximum Gasteiger partial charge on any atom is 0.0306 e. The molecular weight excluding hydrogens is 172 g/mol. The normalized spacial score (nSPS) is 25.8. The highest BCUT2D eigenvalue weighted by atomic mass is 14.7. The van der Waals surface area contributed by atoms with Crippen LogP contribution in [-0.2, 0) is 5.41 Å². The van der Waals surface area contributed by atoms with Gasteiger partial charge in [-0.15, -0.1) is 0 Å². The van der Waals surface area contributed by atoms with Crippen molar-refractivity contribution in [2.45, 2.75) is 31.1 Å². The molecule has 0 aliphatic heterocycles. The Labute approximate surface area is 84.5 Å². The lowest BCUT2D eigenvalue weighted by Crippen LogP contribution is -2.48. The smallest absolute Gasteiger partial charge is 0.0306 e. The SMILES string of the molecule is NCC1(c2cccnc2)CC2(CC2)C1. The highest BCUT2D eigenvalue weighted by Crippen LogP contribution is 2.68. The van der Waals surface area contributed by atoms with Gasteiger partial charge in [0.2, 0.25) is 0 Å². The highest BCUT2D eigenvalue weighted by Gasteiger charge is 2.60. The van der Waals surface area contributed by atoms with Crippen molar-refractivity contribution in [2.24, 2.45) is 11.1 Å². The van der Waals surface area contributed by atoms with Crippen LogP contribution in [0.25, 0.3) is 0 Å². The van der Waals surface area contributed by atoms with E-state index in [-0.39, 0.29) is 5.41 Å². The summed E-state index contributed by atoms with van der Waals surface area (Å²) in [6, 6.07) is 4.19. The number of hydrogen-bond acceptors (Lipinski definition) is 2. The number of pyridine rings is 1. The van der Waals surface area contributed by atoms with Crippen molar-refractivity contribution in [3.63, 3.8) is 0 Å². The van der Waals surface area contributed by atoms with Gasteiger partial charge in [0.1, 0.15) is 0 Å². The summed E-state index contributed by atoms with van der Waals surface area (Å²) in [5, 5.41) is 0. The zero-order valence-corrected chi connectivity index (χ0v) is 8.37. The minimum absolute atomic E-state index is 0.269. The lowest BCUT2D eigenvalue weighted by atomic mass is 9.57. The van der Waals surface area contributed by atoms with Gasteiger partial charge in [-0.25, -0.2) is 0 Å². The Morgan fingerprint density at radius 1 is 1.36 bits per heavy atom. The largest absolute Gasteiger partial charge is 0.330 e. The summed E-state index contributed by atoms with van der Waals surface area (Å²) >= 11 is 0.